The van der Waals surface area contributed by atoms with E-state index in [-0.39, 0.29) is 11.6 Å². The van der Waals surface area contributed by atoms with E-state index in [1.807, 2.05) is 12.1 Å². The molecule has 0 saturated heterocycles. The molecule has 2 N–H and O–H groups in total. The zero-order valence-corrected chi connectivity index (χ0v) is 21.3. The van der Waals surface area contributed by atoms with Crippen molar-refractivity contribution in [1.82, 2.24) is 0 Å². The van der Waals surface area contributed by atoms with Crippen molar-refractivity contribution < 1.29 is 14.6 Å². The van der Waals surface area contributed by atoms with Gasteiger partial charge in [-0.3, -0.25) is 0 Å². The zero-order chi connectivity index (χ0) is 23.5. The molecule has 0 aliphatic carbocycles. The maximum absolute atomic E-state index is 10.7. The molecule has 0 saturated carbocycles. The fourth-order valence-electron chi connectivity index (χ4n) is 4.34. The van der Waals surface area contributed by atoms with Gasteiger partial charge in [0, 0.05) is 0 Å². The number of rotatable bonds is 13. The molecule has 0 aromatic heterocycles. The molecule has 0 radical (unpaired) electrons. The molecule has 2 rings (SSSR count). The van der Waals surface area contributed by atoms with E-state index in [0.717, 1.165) is 19.3 Å². The van der Waals surface area contributed by atoms with Gasteiger partial charge in [0.2, 0.25) is 0 Å². The minimum absolute atomic E-state index is 0.128. The molecule has 0 heterocycles. The van der Waals surface area contributed by atoms with Crippen LogP contribution in [-0.2, 0) is 4.43 Å². The topological polar surface area (TPSA) is 49.7 Å². The summed E-state index contributed by atoms with van der Waals surface area (Å²) in [5.74, 6) is 0. The van der Waals surface area contributed by atoms with Gasteiger partial charge in [0.1, 0.15) is 0 Å². The van der Waals surface area contributed by atoms with Crippen molar-refractivity contribution >= 4 is 18.7 Å². The molecule has 0 bridgehead atoms. The van der Waals surface area contributed by atoms with Gasteiger partial charge in [-0.2, -0.15) is 0 Å². The second-order valence-electron chi connectivity index (χ2n) is 9.70. The third-order valence-corrected chi connectivity index (χ3v) is 11.1. The Balaban J connectivity index is 2.12. The monoisotopic (exact) mass is 454 g/mol. The molecular weight excluding hydrogens is 412 g/mol. The van der Waals surface area contributed by atoms with Crippen LogP contribution in [-0.4, -0.2) is 37.3 Å². The second-order valence-corrected chi connectivity index (χ2v) is 14.0. The predicted octanol–water partition coefficient (Wildman–Crippen LogP) is 5.20. The number of unbranched alkanes of at least 4 members (excludes halogenated alkanes) is 4. The Kier molecular flexibility index (Phi) is 10.9. The van der Waals surface area contributed by atoms with Gasteiger partial charge < -0.3 is 14.6 Å². The summed E-state index contributed by atoms with van der Waals surface area (Å²) in [6, 6.07) is 20.9. The van der Waals surface area contributed by atoms with Gasteiger partial charge in [0.25, 0.3) is 8.32 Å². The molecule has 0 amide bonds. The van der Waals surface area contributed by atoms with Crippen molar-refractivity contribution in [2.75, 3.05) is 6.61 Å². The van der Waals surface area contributed by atoms with Crippen molar-refractivity contribution in [2.24, 2.45) is 0 Å². The number of benzene rings is 2. The van der Waals surface area contributed by atoms with Crippen molar-refractivity contribution in [3.63, 3.8) is 0 Å². The summed E-state index contributed by atoms with van der Waals surface area (Å²) in [6.07, 6.45) is 8.74. The van der Waals surface area contributed by atoms with Crippen molar-refractivity contribution in [3.05, 3.63) is 72.8 Å². The van der Waals surface area contributed by atoms with E-state index >= 15 is 0 Å². The van der Waals surface area contributed by atoms with E-state index in [0.29, 0.717) is 0 Å². The van der Waals surface area contributed by atoms with Gasteiger partial charge in [0.15, 0.2) is 0 Å². The minimum Gasteiger partial charge on any atom is -0.404 e. The molecule has 0 aliphatic rings. The van der Waals surface area contributed by atoms with Crippen molar-refractivity contribution in [2.45, 2.75) is 83.5 Å². The average molecular weight is 455 g/mol. The first-order valence-corrected chi connectivity index (χ1v) is 14.0. The fourth-order valence-corrected chi connectivity index (χ4v) is 8.91. The smallest absolute Gasteiger partial charge is 0.261 e. The summed E-state index contributed by atoms with van der Waals surface area (Å²) in [7, 11) is -2.66. The summed E-state index contributed by atoms with van der Waals surface area (Å²) in [6.45, 7) is 9.08. The Morgan fingerprint density at radius 1 is 0.781 bits per heavy atom. The Morgan fingerprint density at radius 2 is 1.28 bits per heavy atom. The molecular formula is C28H42O3Si. The highest BCUT2D eigenvalue weighted by Crippen LogP contribution is 2.36. The van der Waals surface area contributed by atoms with Crippen LogP contribution in [0.5, 0.6) is 0 Å². The van der Waals surface area contributed by atoms with Crippen LogP contribution >= 0.6 is 0 Å². The molecule has 2 aromatic carbocycles. The van der Waals surface area contributed by atoms with E-state index in [9.17, 15) is 10.2 Å². The van der Waals surface area contributed by atoms with Crippen molar-refractivity contribution in [3.8, 4) is 0 Å². The van der Waals surface area contributed by atoms with E-state index in [2.05, 4.69) is 76.2 Å². The summed E-state index contributed by atoms with van der Waals surface area (Å²) in [5, 5.41) is 23.2. The third-order valence-electron chi connectivity index (χ3n) is 6.05. The minimum atomic E-state index is -2.66. The van der Waals surface area contributed by atoms with E-state index in [1.165, 1.54) is 29.6 Å². The molecule has 0 aliphatic heterocycles. The molecule has 0 spiro atoms. The van der Waals surface area contributed by atoms with Gasteiger partial charge in [-0.25, -0.2) is 0 Å². The first-order valence-electron chi connectivity index (χ1n) is 12.1. The SMILES string of the molecule is CCCCCCC[C@H](O)/C=C/[C@@H](O)CO[Si](c1ccccc1)(c1ccccc1)C(C)(C)C. The highest BCUT2D eigenvalue weighted by Gasteiger charge is 2.50. The highest BCUT2D eigenvalue weighted by atomic mass is 28.4. The van der Waals surface area contributed by atoms with Crippen LogP contribution in [0.3, 0.4) is 0 Å². The number of hydrogen-bond donors (Lipinski definition) is 2. The molecule has 4 heteroatoms. The largest absolute Gasteiger partial charge is 0.404 e. The first-order chi connectivity index (χ1) is 15.3. The van der Waals surface area contributed by atoms with Crippen LogP contribution in [0.4, 0.5) is 0 Å². The fraction of sp³-hybridized carbons (Fsp3) is 0.500. The van der Waals surface area contributed by atoms with Crippen LogP contribution in [0.25, 0.3) is 0 Å². The highest BCUT2D eigenvalue weighted by molar-refractivity contribution is 6.99. The Bertz CT molecular complexity index is 744. The van der Waals surface area contributed by atoms with Gasteiger partial charge in [-0.15, -0.1) is 0 Å². The summed E-state index contributed by atoms with van der Waals surface area (Å²) >= 11 is 0. The molecule has 176 valence electrons. The third kappa shape index (κ3) is 7.41. The molecule has 2 aromatic rings. The van der Waals surface area contributed by atoms with Gasteiger partial charge in [-0.05, 0) is 21.8 Å². The maximum atomic E-state index is 10.7. The molecule has 0 fully saturated rings. The second kappa shape index (κ2) is 13.1. The lowest BCUT2D eigenvalue weighted by Gasteiger charge is -2.43. The van der Waals surface area contributed by atoms with Crippen LogP contribution < -0.4 is 10.4 Å². The standard InChI is InChI=1S/C28H42O3Si/c1-5-6-7-8-11-16-24(29)21-22-25(30)23-31-32(28(2,3)4,26-17-12-9-13-18-26)27-19-14-10-15-20-27/h9-10,12-15,17-22,24-25,29-30H,5-8,11,16,23H2,1-4H3/b22-21+/t24-,25+/m0/s1. The first kappa shape index (κ1) is 26.5. The van der Waals surface area contributed by atoms with Crippen molar-refractivity contribution in [1.29, 1.82) is 0 Å². The summed E-state index contributed by atoms with van der Waals surface area (Å²) in [5.41, 5.74) is 0. The Labute approximate surface area is 196 Å². The van der Waals surface area contributed by atoms with Gasteiger partial charge in [-0.1, -0.05) is 133 Å². The van der Waals surface area contributed by atoms with Gasteiger partial charge >= 0.3 is 0 Å². The van der Waals surface area contributed by atoms with E-state index in [4.69, 9.17) is 4.43 Å². The molecule has 32 heavy (non-hydrogen) atoms. The van der Waals surface area contributed by atoms with Crippen LogP contribution in [0.15, 0.2) is 72.8 Å². The van der Waals surface area contributed by atoms with Crippen LogP contribution in [0.1, 0.15) is 66.2 Å². The predicted molar refractivity (Wildman–Crippen MR) is 138 cm³/mol. The quantitative estimate of drug-likeness (QED) is 0.248. The molecule has 2 atom stereocenters. The zero-order valence-electron chi connectivity index (χ0n) is 20.3. The number of hydrogen-bond acceptors (Lipinski definition) is 3. The van der Waals surface area contributed by atoms with Crippen LogP contribution in [0.2, 0.25) is 5.04 Å². The molecule has 3 nitrogen and oxygen atoms in total. The number of aliphatic hydroxyl groups excluding tert-OH is 2. The Hall–Kier alpha value is -1.72. The summed E-state index contributed by atoms with van der Waals surface area (Å²) in [4.78, 5) is 0. The van der Waals surface area contributed by atoms with Crippen LogP contribution in [0, 0.1) is 0 Å². The summed E-state index contributed by atoms with van der Waals surface area (Å²) < 4.78 is 6.74. The molecule has 0 unspecified atom stereocenters. The van der Waals surface area contributed by atoms with Gasteiger partial charge in [0.05, 0.1) is 18.8 Å². The van der Waals surface area contributed by atoms with E-state index < -0.39 is 20.5 Å². The van der Waals surface area contributed by atoms with E-state index in [1.54, 1.807) is 12.2 Å². The maximum Gasteiger partial charge on any atom is 0.261 e. The lowest BCUT2D eigenvalue weighted by molar-refractivity contribution is 0.136. The lowest BCUT2D eigenvalue weighted by atomic mass is 10.1. The average Bonchev–Trinajstić information content (AvgIpc) is 2.78. The normalized spacial score (nSPS) is 14.6. The lowest BCUT2D eigenvalue weighted by Crippen LogP contribution is -2.67. The Morgan fingerprint density at radius 3 is 1.78 bits per heavy atom. The number of aliphatic hydroxyl groups is 2.